The number of amides is 2. The first-order chi connectivity index (χ1) is 27.5. The van der Waals surface area contributed by atoms with E-state index in [1.54, 1.807) is 27.7 Å². The molecule has 0 saturated heterocycles. The third kappa shape index (κ3) is 9.39. The first kappa shape index (κ1) is 42.8. The molecule has 4 aliphatic rings. The summed E-state index contributed by atoms with van der Waals surface area (Å²) in [7, 11) is -7.88. The van der Waals surface area contributed by atoms with Gasteiger partial charge in [-0.3, -0.25) is 9.36 Å². The molecule has 4 aliphatic carbocycles. The number of nitriles is 1. The molecule has 312 valence electrons. The highest BCUT2D eigenvalue weighted by atomic mass is 32.2. The van der Waals surface area contributed by atoms with Gasteiger partial charge < -0.3 is 20.3 Å². The summed E-state index contributed by atoms with van der Waals surface area (Å²) in [6.07, 6.45) is 16.3. The molecule has 58 heavy (non-hydrogen) atoms. The number of aromatic nitrogens is 4. The predicted octanol–water partition coefficient (Wildman–Crippen LogP) is 4.31. The molecule has 6 N–H and O–H groups in total. The van der Waals surface area contributed by atoms with E-state index in [-0.39, 0.29) is 22.1 Å². The summed E-state index contributed by atoms with van der Waals surface area (Å²) in [5.41, 5.74) is 11.0. The number of ether oxygens (including phenoxy) is 1. The lowest BCUT2D eigenvalue weighted by Gasteiger charge is -2.16. The SMILES string of the molecule is CC(O)C(C)n1ccc(S(=O)(=O)NC(=O)Nc2c3c(cc4c2CCC4)CCC3)n1.CC(O)C(C)n1ccc(S(N)(=O)=O)n1.N#COc1c2c(cc3c1CCC3)CCC2. The number of urea groups is 1. The van der Waals surface area contributed by atoms with Crippen LogP contribution in [0.4, 0.5) is 10.5 Å². The maximum atomic E-state index is 12.6. The van der Waals surface area contributed by atoms with Crippen molar-refractivity contribution < 1.29 is 36.6 Å². The summed E-state index contributed by atoms with van der Waals surface area (Å²) in [5, 5.41) is 42.6. The molecule has 0 aliphatic heterocycles. The summed E-state index contributed by atoms with van der Waals surface area (Å²) >= 11 is 0. The fourth-order valence-electron chi connectivity index (χ4n) is 8.05. The molecule has 2 heterocycles. The maximum Gasteiger partial charge on any atom is 0.333 e. The number of aryl methyl sites for hydroxylation is 4. The minimum Gasteiger partial charge on any atom is -0.391 e. The third-order valence-corrected chi connectivity index (χ3v) is 13.5. The van der Waals surface area contributed by atoms with Gasteiger partial charge in [0, 0.05) is 18.1 Å². The highest BCUT2D eigenvalue weighted by molar-refractivity contribution is 7.90. The Morgan fingerprint density at radius 1 is 0.741 bits per heavy atom. The number of fused-ring (bicyclic) bond motifs is 4. The molecule has 16 nitrogen and oxygen atoms in total. The number of primary sulfonamides is 1. The Bertz CT molecular complexity index is 2370. The molecule has 0 bridgehead atoms. The molecule has 0 radical (unpaired) electrons. The Balaban J connectivity index is 0.000000164. The Kier molecular flexibility index (Phi) is 13.0. The van der Waals surface area contributed by atoms with Gasteiger partial charge in [0.2, 0.25) is 0 Å². The highest BCUT2D eigenvalue weighted by Crippen LogP contribution is 2.40. The zero-order valence-electron chi connectivity index (χ0n) is 33.2. The van der Waals surface area contributed by atoms with Crippen LogP contribution in [0, 0.1) is 11.5 Å². The number of aliphatic hydroxyl groups excluding tert-OH is 2. The van der Waals surface area contributed by atoms with Crippen LogP contribution in [0.25, 0.3) is 0 Å². The van der Waals surface area contributed by atoms with Gasteiger partial charge in [-0.1, -0.05) is 12.1 Å². The van der Waals surface area contributed by atoms with Gasteiger partial charge in [0.05, 0.1) is 24.3 Å². The largest absolute Gasteiger partial charge is 0.391 e. The number of rotatable bonds is 9. The van der Waals surface area contributed by atoms with Crippen LogP contribution in [0.3, 0.4) is 0 Å². The van der Waals surface area contributed by atoms with E-state index in [4.69, 9.17) is 15.1 Å². The van der Waals surface area contributed by atoms with E-state index in [9.17, 15) is 31.8 Å². The van der Waals surface area contributed by atoms with Crippen molar-refractivity contribution in [1.29, 1.82) is 5.26 Å². The average molecular weight is 837 g/mol. The lowest BCUT2D eigenvalue weighted by Crippen LogP contribution is -2.35. The maximum absolute atomic E-state index is 12.6. The number of anilines is 1. The van der Waals surface area contributed by atoms with Crippen molar-refractivity contribution in [2.45, 2.75) is 139 Å². The first-order valence-electron chi connectivity index (χ1n) is 19.7. The Morgan fingerprint density at radius 2 is 1.16 bits per heavy atom. The van der Waals surface area contributed by atoms with Crippen LogP contribution < -0.4 is 19.9 Å². The number of nitrogens with zero attached hydrogens (tertiary/aromatic N) is 5. The molecule has 4 unspecified atom stereocenters. The minimum atomic E-state index is -4.12. The number of aliphatic hydroxyl groups is 2. The average Bonchev–Trinajstić information content (AvgIpc) is 4.00. The summed E-state index contributed by atoms with van der Waals surface area (Å²) in [6, 6.07) is 5.75. The molecule has 0 fully saturated rings. The van der Waals surface area contributed by atoms with Crippen LogP contribution in [0.15, 0.2) is 46.7 Å². The number of nitrogens with one attached hydrogen (secondary N) is 2. The van der Waals surface area contributed by atoms with Crippen LogP contribution in [0.5, 0.6) is 5.75 Å². The van der Waals surface area contributed by atoms with Crippen LogP contribution in [0.2, 0.25) is 0 Å². The van der Waals surface area contributed by atoms with Crippen LogP contribution in [-0.4, -0.2) is 64.8 Å². The zero-order valence-corrected chi connectivity index (χ0v) is 34.9. The molecule has 2 aromatic carbocycles. The van der Waals surface area contributed by atoms with Crippen molar-refractivity contribution >= 4 is 31.8 Å². The fourth-order valence-corrected chi connectivity index (χ4v) is 9.35. The van der Waals surface area contributed by atoms with E-state index in [1.807, 2.05) is 6.26 Å². The van der Waals surface area contributed by atoms with Gasteiger partial charge in [-0.2, -0.15) is 18.6 Å². The van der Waals surface area contributed by atoms with Gasteiger partial charge in [-0.05, 0) is 161 Å². The summed E-state index contributed by atoms with van der Waals surface area (Å²) in [5.74, 6) is 0.903. The topological polar surface area (TPSA) is 245 Å². The normalized spacial score (nSPS) is 17.1. The van der Waals surface area contributed by atoms with Gasteiger partial charge >= 0.3 is 6.03 Å². The van der Waals surface area contributed by atoms with Crippen molar-refractivity contribution in [2.24, 2.45) is 5.14 Å². The summed E-state index contributed by atoms with van der Waals surface area (Å²) in [6.45, 7) is 6.65. The van der Waals surface area contributed by atoms with Crippen LogP contribution >= 0.6 is 0 Å². The van der Waals surface area contributed by atoms with Crippen molar-refractivity contribution in [3.63, 3.8) is 0 Å². The monoisotopic (exact) mass is 836 g/mol. The zero-order chi connectivity index (χ0) is 41.9. The van der Waals surface area contributed by atoms with Gasteiger partial charge in [-0.15, -0.1) is 5.26 Å². The predicted molar refractivity (Wildman–Crippen MR) is 215 cm³/mol. The Hall–Kier alpha value is -4.80. The van der Waals surface area contributed by atoms with E-state index in [1.165, 1.54) is 80.1 Å². The van der Waals surface area contributed by atoms with Crippen molar-refractivity contribution in [3.8, 4) is 12.0 Å². The van der Waals surface area contributed by atoms with Crippen molar-refractivity contribution in [3.05, 3.63) is 81.2 Å². The quantitative estimate of drug-likeness (QED) is 0.149. The number of nitrogens with two attached hydrogens (primary N) is 1. The number of benzene rings is 2. The van der Waals surface area contributed by atoms with Gasteiger partial charge in [0.15, 0.2) is 10.1 Å². The van der Waals surface area contributed by atoms with Gasteiger partial charge in [0.1, 0.15) is 5.75 Å². The molecule has 2 amide bonds. The van der Waals surface area contributed by atoms with E-state index >= 15 is 0 Å². The molecular formula is C40H52N8O8S2. The first-order valence-corrected chi connectivity index (χ1v) is 22.7. The number of sulfonamides is 2. The number of hydrogen-bond acceptors (Lipinski definition) is 11. The molecule has 0 saturated carbocycles. The number of hydrogen-bond donors (Lipinski definition) is 5. The van der Waals surface area contributed by atoms with E-state index in [0.717, 1.165) is 86.8 Å². The smallest absolute Gasteiger partial charge is 0.333 e. The second kappa shape index (κ2) is 17.6. The molecule has 2 aromatic heterocycles. The fraction of sp³-hybridized carbons (Fsp3) is 0.500. The van der Waals surface area contributed by atoms with Crippen LogP contribution in [0.1, 0.15) is 110 Å². The standard InChI is InChI=1S/C20H26N4O4S.C13H13NO.C7H13N3O3S/c1-12(13(2)25)24-10-9-18(22-24)29(27,28)23-20(26)21-19-16-7-3-5-14(16)11-15-6-4-8-17(15)19;14-8-15-13-11-5-1-3-9(11)7-10-4-2-6-12(10)13;1-5(6(2)11)10-4-3-7(9-10)14(8,12)13/h9-13,25H,3-8H2,1-2H3,(H2,21,23,26);7H,1-6H2;3-6,11H,1-2H3,(H2,8,12,13). The molecule has 4 aromatic rings. The summed E-state index contributed by atoms with van der Waals surface area (Å²) < 4.78 is 56.9. The lowest BCUT2D eigenvalue weighted by atomic mass is 9.99. The molecule has 0 spiro atoms. The molecule has 18 heteroatoms. The lowest BCUT2D eigenvalue weighted by molar-refractivity contribution is 0.131. The second-order valence-corrected chi connectivity index (χ2v) is 18.6. The summed E-state index contributed by atoms with van der Waals surface area (Å²) in [4.78, 5) is 12.6. The molecular weight excluding hydrogens is 785 g/mol. The van der Waals surface area contributed by atoms with Gasteiger partial charge in [0.25, 0.3) is 26.3 Å². The van der Waals surface area contributed by atoms with Gasteiger partial charge in [-0.25, -0.2) is 23.1 Å². The van der Waals surface area contributed by atoms with Crippen molar-refractivity contribution in [2.75, 3.05) is 5.32 Å². The van der Waals surface area contributed by atoms with Crippen LogP contribution in [-0.2, 0) is 71.4 Å². The Labute approximate surface area is 339 Å². The molecule has 8 rings (SSSR count). The number of carbonyl (C=O) groups is 1. The van der Waals surface area contributed by atoms with E-state index < -0.39 is 38.3 Å². The number of carbonyl (C=O) groups excluding carboxylic acids is 1. The highest BCUT2D eigenvalue weighted by Gasteiger charge is 2.28. The molecule has 4 atom stereocenters. The minimum absolute atomic E-state index is 0.190. The van der Waals surface area contributed by atoms with E-state index in [0.29, 0.717) is 0 Å². The van der Waals surface area contributed by atoms with Crippen molar-refractivity contribution in [1.82, 2.24) is 24.3 Å². The third-order valence-electron chi connectivity index (χ3n) is 11.5. The second-order valence-electron chi connectivity index (χ2n) is 15.5. The Morgan fingerprint density at radius 3 is 1.57 bits per heavy atom. The van der Waals surface area contributed by atoms with E-state index in [2.05, 4.69) is 32.4 Å².